The van der Waals surface area contributed by atoms with E-state index in [4.69, 9.17) is 4.74 Å². The topological polar surface area (TPSA) is 50.8 Å². The molecule has 2 aliphatic rings. The second kappa shape index (κ2) is 6.18. The highest BCUT2D eigenvalue weighted by Crippen LogP contribution is 2.39. The monoisotopic (exact) mass is 327 g/mol. The number of benzene rings is 1. The summed E-state index contributed by atoms with van der Waals surface area (Å²) in [6.07, 6.45) is 7.22. The van der Waals surface area contributed by atoms with Crippen molar-refractivity contribution in [1.82, 2.24) is 9.78 Å². The van der Waals surface area contributed by atoms with Gasteiger partial charge in [0, 0.05) is 12.0 Å². The molecule has 0 saturated carbocycles. The quantitative estimate of drug-likeness (QED) is 0.836. The van der Waals surface area contributed by atoms with Crippen molar-refractivity contribution in [3.05, 3.63) is 30.0 Å². The van der Waals surface area contributed by atoms with Crippen LogP contribution in [0.5, 0.6) is 0 Å². The fourth-order valence-corrected chi connectivity index (χ4v) is 4.87. The molecular formula is C18H21N3OS. The molecule has 2 aromatic rings. The lowest BCUT2D eigenvalue weighted by molar-refractivity contribution is -0.0366. The Hall–Kier alpha value is -1.51. The summed E-state index contributed by atoms with van der Waals surface area (Å²) in [7, 11) is 0. The summed E-state index contributed by atoms with van der Waals surface area (Å²) in [5, 5.41) is 15.4. The maximum atomic E-state index is 9.78. The number of thioether (sulfide) groups is 1. The Morgan fingerprint density at radius 1 is 1.30 bits per heavy atom. The van der Waals surface area contributed by atoms with Gasteiger partial charge in [0.05, 0.1) is 23.2 Å². The molecule has 2 saturated heterocycles. The van der Waals surface area contributed by atoms with Crippen molar-refractivity contribution < 1.29 is 4.74 Å². The first-order chi connectivity index (χ1) is 11.3. The van der Waals surface area contributed by atoms with Crippen molar-refractivity contribution in [3.63, 3.8) is 0 Å². The minimum Gasteiger partial charge on any atom is -0.356 e. The molecule has 1 aromatic carbocycles. The van der Waals surface area contributed by atoms with Crippen LogP contribution in [0.4, 0.5) is 0 Å². The number of hydrogen-bond donors (Lipinski definition) is 0. The molecule has 5 heteroatoms. The molecule has 0 aliphatic carbocycles. The highest BCUT2D eigenvalue weighted by Gasteiger charge is 2.34. The van der Waals surface area contributed by atoms with Gasteiger partial charge in [-0.05, 0) is 61.3 Å². The van der Waals surface area contributed by atoms with E-state index in [1.54, 1.807) is 0 Å². The van der Waals surface area contributed by atoms with Crippen molar-refractivity contribution in [2.24, 2.45) is 0 Å². The molecule has 3 heterocycles. The van der Waals surface area contributed by atoms with Crippen molar-refractivity contribution in [1.29, 1.82) is 5.26 Å². The van der Waals surface area contributed by atoms with E-state index in [9.17, 15) is 5.26 Å². The largest absolute Gasteiger partial charge is 0.356 e. The van der Waals surface area contributed by atoms with E-state index in [1.165, 1.54) is 6.42 Å². The standard InChI is InChI=1S/C18H21N3OS/c19-13-18(6-9-23-10-7-18)15-4-5-16-14(11-15)12-20-21(16)17-3-1-2-8-22-17/h4-5,11-12,17H,1-3,6-10H2. The van der Waals surface area contributed by atoms with Gasteiger partial charge in [-0.3, -0.25) is 0 Å². The molecule has 4 nitrogen and oxygen atoms in total. The minimum absolute atomic E-state index is 0.0584. The summed E-state index contributed by atoms with van der Waals surface area (Å²) in [6.45, 7) is 0.819. The molecule has 0 amide bonds. The summed E-state index contributed by atoms with van der Waals surface area (Å²) >= 11 is 1.95. The Kier molecular flexibility index (Phi) is 4.04. The van der Waals surface area contributed by atoms with Crippen molar-refractivity contribution in [3.8, 4) is 6.07 Å². The molecule has 1 atom stereocenters. The Bertz CT molecular complexity index is 736. The highest BCUT2D eigenvalue weighted by molar-refractivity contribution is 7.99. The van der Waals surface area contributed by atoms with Gasteiger partial charge in [-0.1, -0.05) is 6.07 Å². The molecule has 23 heavy (non-hydrogen) atoms. The van der Waals surface area contributed by atoms with Crippen LogP contribution in [0.15, 0.2) is 24.4 Å². The zero-order valence-electron chi connectivity index (χ0n) is 13.2. The molecule has 1 unspecified atom stereocenters. The predicted octanol–water partition coefficient (Wildman–Crippen LogP) is 4.02. The van der Waals surface area contributed by atoms with Gasteiger partial charge in [0.25, 0.3) is 0 Å². The lowest BCUT2D eigenvalue weighted by Crippen LogP contribution is -2.29. The molecule has 0 radical (unpaired) electrons. The van der Waals surface area contributed by atoms with Crippen molar-refractivity contribution in [2.45, 2.75) is 43.7 Å². The average molecular weight is 327 g/mol. The number of nitrogens with zero attached hydrogens (tertiary/aromatic N) is 3. The number of nitriles is 1. The van der Waals surface area contributed by atoms with Crippen LogP contribution < -0.4 is 0 Å². The zero-order valence-corrected chi connectivity index (χ0v) is 14.0. The first kappa shape index (κ1) is 15.0. The molecule has 2 fully saturated rings. The number of ether oxygens (including phenoxy) is 1. The van der Waals surface area contributed by atoms with Crippen LogP contribution in [0.25, 0.3) is 10.9 Å². The Morgan fingerprint density at radius 3 is 2.91 bits per heavy atom. The summed E-state index contributed by atoms with van der Waals surface area (Å²) in [4.78, 5) is 0. The van der Waals surface area contributed by atoms with Crippen LogP contribution >= 0.6 is 11.8 Å². The van der Waals surface area contributed by atoms with Crippen LogP contribution in [0.1, 0.15) is 43.9 Å². The first-order valence-electron chi connectivity index (χ1n) is 8.41. The third-order valence-electron chi connectivity index (χ3n) is 5.14. The maximum Gasteiger partial charge on any atom is 0.150 e. The number of hydrogen-bond acceptors (Lipinski definition) is 4. The Morgan fingerprint density at radius 2 is 2.17 bits per heavy atom. The predicted molar refractivity (Wildman–Crippen MR) is 92.4 cm³/mol. The van der Waals surface area contributed by atoms with Crippen LogP contribution in [-0.2, 0) is 10.2 Å². The van der Waals surface area contributed by atoms with Gasteiger partial charge >= 0.3 is 0 Å². The molecule has 2 aliphatic heterocycles. The second-order valence-electron chi connectivity index (χ2n) is 6.49. The summed E-state index contributed by atoms with van der Waals surface area (Å²) in [5.74, 6) is 2.14. The molecular weight excluding hydrogens is 306 g/mol. The van der Waals surface area contributed by atoms with E-state index in [1.807, 2.05) is 22.6 Å². The smallest absolute Gasteiger partial charge is 0.150 e. The van der Waals surface area contributed by atoms with Gasteiger partial charge < -0.3 is 4.74 Å². The van der Waals surface area contributed by atoms with E-state index in [-0.39, 0.29) is 11.6 Å². The zero-order chi connectivity index (χ0) is 15.7. The molecule has 0 N–H and O–H groups in total. The lowest BCUT2D eigenvalue weighted by atomic mass is 9.76. The van der Waals surface area contributed by atoms with E-state index in [0.29, 0.717) is 0 Å². The van der Waals surface area contributed by atoms with Gasteiger partial charge in [0.2, 0.25) is 0 Å². The average Bonchev–Trinajstić information content (AvgIpc) is 3.06. The third-order valence-corrected chi connectivity index (χ3v) is 6.12. The van der Waals surface area contributed by atoms with Crippen molar-refractivity contribution >= 4 is 22.7 Å². The van der Waals surface area contributed by atoms with Gasteiger partial charge in [-0.15, -0.1) is 0 Å². The lowest BCUT2D eigenvalue weighted by Gasteiger charge is -2.31. The molecule has 120 valence electrons. The first-order valence-corrected chi connectivity index (χ1v) is 9.56. The van der Waals surface area contributed by atoms with Gasteiger partial charge in [-0.2, -0.15) is 22.1 Å². The number of fused-ring (bicyclic) bond motifs is 1. The maximum absolute atomic E-state index is 9.78. The SMILES string of the molecule is N#CC1(c2ccc3c(cnn3C3CCCCO3)c2)CCSCC1. The number of rotatable bonds is 2. The Labute approximate surface area is 140 Å². The van der Waals surface area contributed by atoms with Crippen LogP contribution in [-0.4, -0.2) is 27.9 Å². The van der Waals surface area contributed by atoms with Gasteiger partial charge in [-0.25, -0.2) is 4.68 Å². The minimum atomic E-state index is -0.317. The third kappa shape index (κ3) is 2.64. The molecule has 4 rings (SSSR count). The normalized spacial score (nSPS) is 24.4. The van der Waals surface area contributed by atoms with E-state index >= 15 is 0 Å². The number of aromatic nitrogens is 2. The molecule has 1 aromatic heterocycles. The van der Waals surface area contributed by atoms with Gasteiger partial charge in [0.15, 0.2) is 6.23 Å². The highest BCUT2D eigenvalue weighted by atomic mass is 32.2. The van der Waals surface area contributed by atoms with E-state index in [2.05, 4.69) is 29.4 Å². The Balaban J connectivity index is 1.70. The fraction of sp³-hybridized carbons (Fsp3) is 0.556. The van der Waals surface area contributed by atoms with Crippen LogP contribution in [0.2, 0.25) is 0 Å². The van der Waals surface area contributed by atoms with E-state index in [0.717, 1.165) is 60.3 Å². The van der Waals surface area contributed by atoms with Gasteiger partial charge in [0.1, 0.15) is 0 Å². The molecule has 0 bridgehead atoms. The molecule has 0 spiro atoms. The summed E-state index contributed by atoms with van der Waals surface area (Å²) in [5.41, 5.74) is 1.94. The van der Waals surface area contributed by atoms with Crippen LogP contribution in [0.3, 0.4) is 0 Å². The second-order valence-corrected chi connectivity index (χ2v) is 7.71. The van der Waals surface area contributed by atoms with Crippen LogP contribution in [0, 0.1) is 11.3 Å². The van der Waals surface area contributed by atoms with Crippen molar-refractivity contribution in [2.75, 3.05) is 18.1 Å². The summed E-state index contributed by atoms with van der Waals surface area (Å²) in [6, 6.07) is 9.02. The fourth-order valence-electron chi connectivity index (χ4n) is 3.68. The summed E-state index contributed by atoms with van der Waals surface area (Å²) < 4.78 is 7.87. The van der Waals surface area contributed by atoms with E-state index < -0.39 is 0 Å².